The van der Waals surface area contributed by atoms with E-state index in [-0.39, 0.29) is 11.9 Å². The summed E-state index contributed by atoms with van der Waals surface area (Å²) in [5.74, 6) is 0.983. The maximum atomic E-state index is 11.5. The predicted molar refractivity (Wildman–Crippen MR) is 82.1 cm³/mol. The van der Waals surface area contributed by atoms with Crippen LogP contribution in [0.4, 0.5) is 0 Å². The molecule has 0 aromatic carbocycles. The first kappa shape index (κ1) is 15.3. The van der Waals surface area contributed by atoms with Crippen LogP contribution in [0.25, 0.3) is 0 Å². The highest BCUT2D eigenvalue weighted by Crippen LogP contribution is 2.09. The van der Waals surface area contributed by atoms with E-state index in [1.165, 1.54) is 0 Å². The zero-order valence-corrected chi connectivity index (χ0v) is 13.0. The molecule has 1 amide bonds. The molecule has 1 fully saturated rings. The molecular formula is C14H24N6O. The fraction of sp³-hybridized carbons (Fsp3) is 0.643. The van der Waals surface area contributed by atoms with E-state index in [1.807, 2.05) is 31.0 Å². The van der Waals surface area contributed by atoms with Crippen LogP contribution in [-0.2, 0) is 11.3 Å². The van der Waals surface area contributed by atoms with E-state index in [0.717, 1.165) is 37.6 Å². The van der Waals surface area contributed by atoms with Gasteiger partial charge in [0.1, 0.15) is 0 Å². The first-order valence-corrected chi connectivity index (χ1v) is 7.28. The second kappa shape index (κ2) is 7.10. The Morgan fingerprint density at radius 1 is 1.57 bits per heavy atom. The lowest BCUT2D eigenvalue weighted by Gasteiger charge is -2.31. The largest absolute Gasteiger partial charge is 0.355 e. The summed E-state index contributed by atoms with van der Waals surface area (Å²) in [6, 6.07) is 0.255. The molecule has 7 nitrogen and oxygen atoms in total. The zero-order chi connectivity index (χ0) is 15.2. The number of rotatable bonds is 4. The number of guanidine groups is 1. The Hall–Kier alpha value is -2.05. The van der Waals surface area contributed by atoms with Crippen LogP contribution in [0, 0.1) is 6.92 Å². The van der Waals surface area contributed by atoms with Crippen LogP contribution in [0.3, 0.4) is 0 Å². The summed E-state index contributed by atoms with van der Waals surface area (Å²) >= 11 is 0. The molecule has 116 valence electrons. The number of hydrogen-bond acceptors (Lipinski definition) is 3. The summed E-state index contributed by atoms with van der Waals surface area (Å²) in [5, 5.41) is 10.9. The van der Waals surface area contributed by atoms with Gasteiger partial charge >= 0.3 is 0 Å². The minimum atomic E-state index is 0.213. The SMILES string of the molecule is CN=C(NCCn1cc(C)cn1)NC1CCC(=O)N(C)C1. The first-order chi connectivity index (χ1) is 10.1. The minimum Gasteiger partial charge on any atom is -0.355 e. The molecule has 1 aromatic heterocycles. The van der Waals surface area contributed by atoms with Gasteiger partial charge in [-0.3, -0.25) is 14.5 Å². The molecular weight excluding hydrogens is 268 g/mol. The zero-order valence-electron chi connectivity index (χ0n) is 13.0. The quantitative estimate of drug-likeness (QED) is 0.604. The average molecular weight is 292 g/mol. The van der Waals surface area contributed by atoms with E-state index in [1.54, 1.807) is 11.9 Å². The van der Waals surface area contributed by atoms with Crippen molar-refractivity contribution in [2.75, 3.05) is 27.2 Å². The Morgan fingerprint density at radius 3 is 3.00 bits per heavy atom. The van der Waals surface area contributed by atoms with Crippen molar-refractivity contribution in [3.8, 4) is 0 Å². The van der Waals surface area contributed by atoms with Crippen molar-refractivity contribution >= 4 is 11.9 Å². The number of hydrogen-bond donors (Lipinski definition) is 2. The molecule has 2 N–H and O–H groups in total. The van der Waals surface area contributed by atoms with E-state index in [0.29, 0.717) is 6.42 Å². The summed E-state index contributed by atoms with van der Waals surface area (Å²) in [6.45, 7) is 4.29. The van der Waals surface area contributed by atoms with Crippen molar-refractivity contribution in [1.29, 1.82) is 0 Å². The number of aliphatic imine (C=N–C) groups is 1. The van der Waals surface area contributed by atoms with Crippen molar-refractivity contribution in [3.05, 3.63) is 18.0 Å². The van der Waals surface area contributed by atoms with Gasteiger partial charge in [-0.15, -0.1) is 0 Å². The molecule has 0 radical (unpaired) electrons. The fourth-order valence-corrected chi connectivity index (χ4v) is 2.40. The molecule has 1 unspecified atom stereocenters. The maximum Gasteiger partial charge on any atom is 0.222 e. The topological polar surface area (TPSA) is 74.5 Å². The Labute approximate surface area is 125 Å². The molecule has 0 bridgehead atoms. The summed E-state index contributed by atoms with van der Waals surface area (Å²) in [7, 11) is 3.59. The second-order valence-corrected chi connectivity index (χ2v) is 5.43. The highest BCUT2D eigenvalue weighted by Gasteiger charge is 2.23. The second-order valence-electron chi connectivity index (χ2n) is 5.43. The summed E-state index contributed by atoms with van der Waals surface area (Å²) in [6.07, 6.45) is 5.31. The monoisotopic (exact) mass is 292 g/mol. The molecule has 2 heterocycles. The Kier molecular flexibility index (Phi) is 5.19. The number of nitrogens with zero attached hydrogens (tertiary/aromatic N) is 4. The number of piperidine rings is 1. The summed E-state index contributed by atoms with van der Waals surface area (Å²) in [4.78, 5) is 17.5. The van der Waals surface area contributed by atoms with E-state index in [9.17, 15) is 4.79 Å². The van der Waals surface area contributed by atoms with Crippen molar-refractivity contribution in [2.24, 2.45) is 4.99 Å². The van der Waals surface area contributed by atoms with Crippen molar-refractivity contribution in [3.63, 3.8) is 0 Å². The first-order valence-electron chi connectivity index (χ1n) is 7.28. The Bertz CT molecular complexity index is 509. The van der Waals surface area contributed by atoms with Crippen molar-refractivity contribution in [1.82, 2.24) is 25.3 Å². The molecule has 1 aliphatic rings. The number of nitrogens with one attached hydrogen (secondary N) is 2. The Morgan fingerprint density at radius 2 is 2.38 bits per heavy atom. The molecule has 0 saturated carbocycles. The maximum absolute atomic E-state index is 11.5. The third-order valence-corrected chi connectivity index (χ3v) is 3.59. The molecule has 1 atom stereocenters. The molecule has 1 saturated heterocycles. The molecule has 2 rings (SSSR count). The van der Waals surface area contributed by atoms with Crippen LogP contribution < -0.4 is 10.6 Å². The number of carbonyl (C=O) groups is 1. The van der Waals surface area contributed by atoms with Crippen molar-refractivity contribution in [2.45, 2.75) is 32.4 Å². The molecule has 7 heteroatoms. The number of carbonyl (C=O) groups excluding carboxylic acids is 1. The van der Waals surface area contributed by atoms with Gasteiger partial charge < -0.3 is 15.5 Å². The van der Waals surface area contributed by atoms with Crippen molar-refractivity contribution < 1.29 is 4.79 Å². The minimum absolute atomic E-state index is 0.213. The lowest BCUT2D eigenvalue weighted by molar-refractivity contribution is -0.132. The third-order valence-electron chi connectivity index (χ3n) is 3.59. The smallest absolute Gasteiger partial charge is 0.222 e. The van der Waals surface area contributed by atoms with Crippen LogP contribution in [-0.4, -0.2) is 59.8 Å². The molecule has 1 aliphatic heterocycles. The van der Waals surface area contributed by atoms with Gasteiger partial charge in [0.15, 0.2) is 5.96 Å². The average Bonchev–Trinajstić information content (AvgIpc) is 2.87. The summed E-state index contributed by atoms with van der Waals surface area (Å²) in [5.41, 5.74) is 1.16. The van der Waals surface area contributed by atoms with E-state index >= 15 is 0 Å². The van der Waals surface area contributed by atoms with Gasteiger partial charge in [0.25, 0.3) is 0 Å². The van der Waals surface area contributed by atoms with E-state index < -0.39 is 0 Å². The molecule has 21 heavy (non-hydrogen) atoms. The molecule has 0 spiro atoms. The highest BCUT2D eigenvalue weighted by atomic mass is 16.2. The van der Waals surface area contributed by atoms with Crippen LogP contribution in [0.15, 0.2) is 17.4 Å². The standard InChI is InChI=1S/C14H24N6O/c1-11-8-17-20(9-11)7-6-16-14(15-2)18-12-4-5-13(21)19(3)10-12/h8-9,12H,4-7,10H2,1-3H3,(H2,15,16,18). The van der Waals surface area contributed by atoms with Gasteiger partial charge in [0.05, 0.1) is 12.7 Å². The van der Waals surface area contributed by atoms with Crippen LogP contribution >= 0.6 is 0 Å². The van der Waals surface area contributed by atoms with Gasteiger partial charge in [-0.1, -0.05) is 0 Å². The normalized spacial score (nSPS) is 19.8. The number of aryl methyl sites for hydroxylation is 1. The third kappa shape index (κ3) is 4.47. The van der Waals surface area contributed by atoms with Crippen LogP contribution in [0.1, 0.15) is 18.4 Å². The molecule has 1 aromatic rings. The Balaban J connectivity index is 1.74. The van der Waals surface area contributed by atoms with Gasteiger partial charge in [0, 0.05) is 45.8 Å². The number of likely N-dealkylation sites (tertiary alicyclic amines) is 1. The van der Waals surface area contributed by atoms with Crippen LogP contribution in [0.2, 0.25) is 0 Å². The number of amides is 1. The number of aromatic nitrogens is 2. The van der Waals surface area contributed by atoms with E-state index in [2.05, 4.69) is 20.7 Å². The molecule has 0 aliphatic carbocycles. The summed E-state index contributed by atoms with van der Waals surface area (Å²) < 4.78 is 1.91. The lowest BCUT2D eigenvalue weighted by atomic mass is 10.1. The fourth-order valence-electron chi connectivity index (χ4n) is 2.40. The van der Waals surface area contributed by atoms with Gasteiger partial charge in [0.2, 0.25) is 5.91 Å². The predicted octanol–water partition coefficient (Wildman–Crippen LogP) is -0.0227. The van der Waals surface area contributed by atoms with Crippen LogP contribution in [0.5, 0.6) is 0 Å². The lowest BCUT2D eigenvalue weighted by Crippen LogP contribution is -2.52. The van der Waals surface area contributed by atoms with E-state index in [4.69, 9.17) is 0 Å². The highest BCUT2D eigenvalue weighted by molar-refractivity contribution is 5.81. The van der Waals surface area contributed by atoms with Gasteiger partial charge in [-0.05, 0) is 18.9 Å². The van der Waals surface area contributed by atoms with Gasteiger partial charge in [-0.2, -0.15) is 5.10 Å². The number of likely N-dealkylation sites (N-methyl/N-ethyl adjacent to an activating group) is 1. The van der Waals surface area contributed by atoms with Gasteiger partial charge in [-0.25, -0.2) is 0 Å².